The number of benzene rings is 1. The molecule has 2 nitrogen and oxygen atoms in total. The van der Waals surface area contributed by atoms with Crippen molar-refractivity contribution in [1.82, 2.24) is 0 Å². The third kappa shape index (κ3) is 4.94. The van der Waals surface area contributed by atoms with Gasteiger partial charge in [-0.2, -0.15) is 0 Å². The predicted molar refractivity (Wildman–Crippen MR) is 94.3 cm³/mol. The molecule has 1 aliphatic rings. The molecule has 21 heavy (non-hydrogen) atoms. The van der Waals surface area contributed by atoms with Crippen LogP contribution in [0.3, 0.4) is 0 Å². The Labute approximate surface area is 130 Å². The Balaban J connectivity index is 1.91. The summed E-state index contributed by atoms with van der Waals surface area (Å²) in [7, 11) is 0. The molecular formula is C19H32N2. The van der Waals surface area contributed by atoms with Gasteiger partial charge in [-0.25, -0.2) is 0 Å². The fourth-order valence-corrected chi connectivity index (χ4v) is 3.14. The van der Waals surface area contributed by atoms with Gasteiger partial charge >= 0.3 is 0 Å². The van der Waals surface area contributed by atoms with E-state index in [4.69, 9.17) is 0 Å². The average Bonchev–Trinajstić information content (AvgIpc) is 2.55. The molecule has 1 heterocycles. The van der Waals surface area contributed by atoms with Crippen LogP contribution in [0.4, 0.5) is 11.4 Å². The van der Waals surface area contributed by atoms with Gasteiger partial charge < -0.3 is 10.2 Å². The maximum Gasteiger partial charge on any atom is 0.0367 e. The van der Waals surface area contributed by atoms with Gasteiger partial charge in [-0.05, 0) is 62.3 Å². The van der Waals surface area contributed by atoms with E-state index in [1.807, 2.05) is 0 Å². The van der Waals surface area contributed by atoms with E-state index in [1.165, 1.54) is 63.0 Å². The fourth-order valence-electron chi connectivity index (χ4n) is 3.14. The highest BCUT2D eigenvalue weighted by Gasteiger charge is 2.12. The van der Waals surface area contributed by atoms with Crippen LogP contribution in [0.15, 0.2) is 24.3 Å². The minimum atomic E-state index is 0.598. The Kier molecular flexibility index (Phi) is 6.41. The van der Waals surface area contributed by atoms with Crippen molar-refractivity contribution >= 4 is 11.4 Å². The number of nitrogens with zero attached hydrogens (tertiary/aromatic N) is 1. The van der Waals surface area contributed by atoms with Crippen LogP contribution in [0.5, 0.6) is 0 Å². The lowest BCUT2D eigenvalue weighted by Gasteiger charge is -2.29. The van der Waals surface area contributed by atoms with Crippen LogP contribution in [-0.4, -0.2) is 19.1 Å². The highest BCUT2D eigenvalue weighted by atomic mass is 15.1. The topological polar surface area (TPSA) is 15.3 Å². The lowest BCUT2D eigenvalue weighted by Crippen LogP contribution is -2.29. The molecule has 118 valence electrons. The second-order valence-corrected chi connectivity index (χ2v) is 6.59. The molecule has 0 bridgehead atoms. The van der Waals surface area contributed by atoms with Gasteiger partial charge in [0, 0.05) is 30.5 Å². The van der Waals surface area contributed by atoms with E-state index in [0.717, 1.165) is 5.92 Å². The second kappa shape index (κ2) is 8.31. The van der Waals surface area contributed by atoms with E-state index < -0.39 is 0 Å². The minimum Gasteiger partial charge on any atom is -0.382 e. The maximum atomic E-state index is 3.71. The Morgan fingerprint density at radius 1 is 1.00 bits per heavy atom. The van der Waals surface area contributed by atoms with Crippen molar-refractivity contribution < 1.29 is 0 Å². The van der Waals surface area contributed by atoms with Crippen molar-refractivity contribution in [2.24, 2.45) is 5.92 Å². The van der Waals surface area contributed by atoms with Crippen molar-refractivity contribution in [3.8, 4) is 0 Å². The molecule has 0 aliphatic carbocycles. The van der Waals surface area contributed by atoms with Crippen molar-refractivity contribution in [3.05, 3.63) is 24.3 Å². The van der Waals surface area contributed by atoms with Crippen LogP contribution in [0, 0.1) is 5.92 Å². The highest BCUT2D eigenvalue weighted by molar-refractivity contribution is 5.55. The number of nitrogens with one attached hydrogen (secondary N) is 1. The van der Waals surface area contributed by atoms with Gasteiger partial charge in [-0.3, -0.25) is 0 Å². The minimum absolute atomic E-state index is 0.598. The third-order valence-electron chi connectivity index (χ3n) is 4.84. The molecule has 1 aromatic rings. The smallest absolute Gasteiger partial charge is 0.0367 e. The molecular weight excluding hydrogens is 256 g/mol. The maximum absolute atomic E-state index is 3.71. The summed E-state index contributed by atoms with van der Waals surface area (Å²) in [5.74, 6) is 0.801. The van der Waals surface area contributed by atoms with Gasteiger partial charge in [-0.1, -0.05) is 27.2 Å². The molecule has 0 aromatic heterocycles. The zero-order chi connectivity index (χ0) is 15.1. The summed E-state index contributed by atoms with van der Waals surface area (Å²) in [5.41, 5.74) is 2.65. The SMILES string of the molecule is CCC(C)CC(CC)Nc1ccc(N2CCCCC2)cc1. The molecule has 1 fully saturated rings. The van der Waals surface area contributed by atoms with Crippen LogP contribution in [-0.2, 0) is 0 Å². The normalized spacial score (nSPS) is 18.3. The van der Waals surface area contributed by atoms with Gasteiger partial charge in [0.05, 0.1) is 0 Å². The summed E-state index contributed by atoms with van der Waals surface area (Å²) in [5, 5.41) is 3.71. The molecule has 1 aromatic carbocycles. The Morgan fingerprint density at radius 2 is 1.67 bits per heavy atom. The zero-order valence-electron chi connectivity index (χ0n) is 14.1. The standard InChI is InChI=1S/C19H32N2/c1-4-16(3)15-17(5-2)20-18-9-11-19(12-10-18)21-13-7-6-8-14-21/h9-12,16-17,20H,4-8,13-15H2,1-3H3. The van der Waals surface area contributed by atoms with E-state index in [0.29, 0.717) is 6.04 Å². The summed E-state index contributed by atoms with van der Waals surface area (Å²) in [6, 6.07) is 9.67. The summed E-state index contributed by atoms with van der Waals surface area (Å²) in [6.45, 7) is 9.35. The highest BCUT2D eigenvalue weighted by Crippen LogP contribution is 2.23. The summed E-state index contributed by atoms with van der Waals surface area (Å²) in [6.07, 6.45) is 7.80. The zero-order valence-corrected chi connectivity index (χ0v) is 14.1. The van der Waals surface area contributed by atoms with Gasteiger partial charge in [-0.15, -0.1) is 0 Å². The lowest BCUT2D eigenvalue weighted by atomic mass is 9.97. The molecule has 1 aliphatic heterocycles. The van der Waals surface area contributed by atoms with Crippen LogP contribution in [0.25, 0.3) is 0 Å². The first kappa shape index (κ1) is 16.2. The molecule has 0 radical (unpaired) electrons. The van der Waals surface area contributed by atoms with Crippen molar-refractivity contribution in [1.29, 1.82) is 0 Å². The molecule has 2 rings (SSSR count). The first-order valence-electron chi connectivity index (χ1n) is 8.84. The first-order chi connectivity index (χ1) is 10.2. The summed E-state index contributed by atoms with van der Waals surface area (Å²) in [4.78, 5) is 2.52. The lowest BCUT2D eigenvalue weighted by molar-refractivity contribution is 0.462. The van der Waals surface area contributed by atoms with Gasteiger partial charge in [0.2, 0.25) is 0 Å². The number of rotatable bonds is 7. The molecule has 0 saturated carbocycles. The Hall–Kier alpha value is -1.18. The number of hydrogen-bond donors (Lipinski definition) is 1. The van der Waals surface area contributed by atoms with E-state index in [1.54, 1.807) is 0 Å². The molecule has 2 heteroatoms. The molecule has 1 saturated heterocycles. The van der Waals surface area contributed by atoms with Crippen LogP contribution >= 0.6 is 0 Å². The monoisotopic (exact) mass is 288 g/mol. The fraction of sp³-hybridized carbons (Fsp3) is 0.684. The predicted octanol–water partition coefficient (Wildman–Crippen LogP) is 5.30. The van der Waals surface area contributed by atoms with Crippen molar-refractivity contribution in [2.75, 3.05) is 23.3 Å². The summed E-state index contributed by atoms with van der Waals surface area (Å²) >= 11 is 0. The Morgan fingerprint density at radius 3 is 2.24 bits per heavy atom. The first-order valence-corrected chi connectivity index (χ1v) is 8.84. The van der Waals surface area contributed by atoms with Gasteiger partial charge in [0.1, 0.15) is 0 Å². The van der Waals surface area contributed by atoms with Gasteiger partial charge in [0.25, 0.3) is 0 Å². The van der Waals surface area contributed by atoms with Crippen LogP contribution in [0.1, 0.15) is 59.3 Å². The third-order valence-corrected chi connectivity index (χ3v) is 4.84. The molecule has 0 spiro atoms. The van der Waals surface area contributed by atoms with Crippen molar-refractivity contribution in [3.63, 3.8) is 0 Å². The van der Waals surface area contributed by atoms with Gasteiger partial charge in [0.15, 0.2) is 0 Å². The van der Waals surface area contributed by atoms with E-state index in [9.17, 15) is 0 Å². The summed E-state index contributed by atoms with van der Waals surface area (Å²) < 4.78 is 0. The second-order valence-electron chi connectivity index (χ2n) is 6.59. The number of hydrogen-bond acceptors (Lipinski definition) is 2. The largest absolute Gasteiger partial charge is 0.382 e. The number of piperidine rings is 1. The van der Waals surface area contributed by atoms with E-state index in [-0.39, 0.29) is 0 Å². The average molecular weight is 288 g/mol. The molecule has 2 unspecified atom stereocenters. The van der Waals surface area contributed by atoms with Crippen LogP contribution < -0.4 is 10.2 Å². The molecule has 0 amide bonds. The van der Waals surface area contributed by atoms with Crippen molar-refractivity contribution in [2.45, 2.75) is 65.3 Å². The van der Waals surface area contributed by atoms with E-state index >= 15 is 0 Å². The quantitative estimate of drug-likeness (QED) is 0.732. The molecule has 2 atom stereocenters. The number of anilines is 2. The molecule has 1 N–H and O–H groups in total. The van der Waals surface area contributed by atoms with Crippen LogP contribution in [0.2, 0.25) is 0 Å². The Bertz CT molecular complexity index is 393. The van der Waals surface area contributed by atoms with E-state index in [2.05, 4.69) is 55.3 Å².